The summed E-state index contributed by atoms with van der Waals surface area (Å²) in [4.78, 5) is 38.5. The minimum Gasteiger partial charge on any atom is -0.462 e. The van der Waals surface area contributed by atoms with Crippen LogP contribution in [0.4, 0.5) is 0 Å². The van der Waals surface area contributed by atoms with Gasteiger partial charge in [-0.3, -0.25) is 14.4 Å². The van der Waals surface area contributed by atoms with Crippen molar-refractivity contribution in [3.05, 3.63) is 24.3 Å². The monoisotopic (exact) mass is 1170 g/mol. The van der Waals surface area contributed by atoms with E-state index in [0.717, 1.165) is 57.8 Å². The van der Waals surface area contributed by atoms with Crippen LogP contribution in [-0.2, 0) is 28.6 Å². The van der Waals surface area contributed by atoms with E-state index < -0.39 is 6.10 Å². The smallest absolute Gasteiger partial charge is 0.306 e. The molecule has 0 aromatic heterocycles. The van der Waals surface area contributed by atoms with Crippen LogP contribution < -0.4 is 0 Å². The highest BCUT2D eigenvalue weighted by Gasteiger charge is 2.20. The number of carbonyl (C=O) groups excluding carboxylic acids is 3. The molecular weight excluding hydrogens is 1020 g/mol. The lowest BCUT2D eigenvalue weighted by molar-refractivity contribution is -0.167. The molecule has 0 saturated carbocycles. The zero-order valence-electron chi connectivity index (χ0n) is 56.5. The summed E-state index contributed by atoms with van der Waals surface area (Å²) in [6.07, 6.45) is 89.4. The molecule has 1 atom stereocenters. The van der Waals surface area contributed by atoms with Crippen molar-refractivity contribution in [1.29, 1.82) is 0 Å². The summed E-state index contributed by atoms with van der Waals surface area (Å²) in [6.45, 7) is 6.72. The number of carbonyl (C=O) groups is 3. The van der Waals surface area contributed by atoms with Crippen LogP contribution in [0, 0.1) is 0 Å². The normalized spacial score (nSPS) is 12.1. The van der Waals surface area contributed by atoms with E-state index in [-0.39, 0.29) is 31.1 Å². The van der Waals surface area contributed by atoms with Gasteiger partial charge in [-0.25, -0.2) is 0 Å². The fraction of sp³-hybridized carbons (Fsp3) is 0.909. The molecule has 0 aromatic rings. The van der Waals surface area contributed by atoms with E-state index in [2.05, 4.69) is 45.1 Å². The minimum atomic E-state index is -0.774. The number of esters is 3. The van der Waals surface area contributed by atoms with Crippen LogP contribution in [-0.4, -0.2) is 37.2 Å². The van der Waals surface area contributed by atoms with E-state index in [4.69, 9.17) is 14.2 Å². The number of ether oxygens (including phenoxy) is 3. The number of hydrogen-bond donors (Lipinski definition) is 0. The van der Waals surface area contributed by atoms with Crippen molar-refractivity contribution in [2.24, 2.45) is 0 Å². The molecule has 0 aliphatic rings. The Bertz CT molecular complexity index is 1340. The lowest BCUT2D eigenvalue weighted by Gasteiger charge is -2.18. The van der Waals surface area contributed by atoms with Crippen LogP contribution >= 0.6 is 0 Å². The third-order valence-electron chi connectivity index (χ3n) is 17.4. The SMILES string of the molecule is CCCCCCCCC/C=C\CCCCCCCCCC(=O)OCC(COC(=O)CCCCCCCCCCCCCCCCCCCCCCCCCCCCCCC)OC(=O)CCCCCCCCC/C=C\CCCCCCCCC. The predicted molar refractivity (Wildman–Crippen MR) is 363 cm³/mol. The summed E-state index contributed by atoms with van der Waals surface area (Å²) in [6, 6.07) is 0. The third kappa shape index (κ3) is 70.5. The average molecular weight is 1170 g/mol. The number of allylic oxidation sites excluding steroid dienone is 4. The van der Waals surface area contributed by atoms with Gasteiger partial charge in [-0.1, -0.05) is 366 Å². The molecule has 0 aliphatic carbocycles. The van der Waals surface area contributed by atoms with E-state index in [1.165, 1.54) is 334 Å². The molecule has 83 heavy (non-hydrogen) atoms. The maximum Gasteiger partial charge on any atom is 0.306 e. The first-order chi connectivity index (χ1) is 41.0. The Balaban J connectivity index is 4.22. The zero-order chi connectivity index (χ0) is 59.9. The molecule has 0 bridgehead atoms. The first-order valence-electron chi connectivity index (χ1n) is 37.8. The maximum atomic E-state index is 13.0. The van der Waals surface area contributed by atoms with Crippen LogP contribution in [0.25, 0.3) is 0 Å². The Morgan fingerprint density at radius 2 is 0.398 bits per heavy atom. The molecule has 0 fully saturated rings. The van der Waals surface area contributed by atoms with Crippen LogP contribution in [0.2, 0.25) is 0 Å². The quantitative estimate of drug-likeness (QED) is 0.0261. The van der Waals surface area contributed by atoms with Gasteiger partial charge in [0, 0.05) is 19.3 Å². The maximum absolute atomic E-state index is 13.0. The third-order valence-corrected chi connectivity index (χ3v) is 17.4. The molecule has 1 unspecified atom stereocenters. The minimum absolute atomic E-state index is 0.0687. The Labute approximate surface area is 519 Å². The fourth-order valence-corrected chi connectivity index (χ4v) is 11.7. The van der Waals surface area contributed by atoms with Gasteiger partial charge in [0.15, 0.2) is 6.10 Å². The predicted octanol–water partition coefficient (Wildman–Crippen LogP) is 26.1. The standard InChI is InChI=1S/C77H146O6/c1-4-7-10-13-16-19-22-25-28-31-34-35-36-37-38-39-40-41-42-43-44-47-49-52-55-58-61-64-67-70-76(79)82-73-74(83-77(80)71-68-65-62-59-56-53-50-46-33-30-27-24-21-18-15-12-9-6-3)72-81-75(78)69-66-63-60-57-54-51-48-45-32-29-26-23-20-17-14-11-8-5-2/h29-30,32-33,74H,4-28,31,34-73H2,1-3H3/b32-29-,33-30-. The van der Waals surface area contributed by atoms with Crippen LogP contribution in [0.15, 0.2) is 24.3 Å². The highest BCUT2D eigenvalue weighted by atomic mass is 16.6. The second-order valence-electron chi connectivity index (χ2n) is 25.9. The summed E-state index contributed by atoms with van der Waals surface area (Å²) < 4.78 is 17.0. The van der Waals surface area contributed by atoms with E-state index in [1.54, 1.807) is 0 Å². The van der Waals surface area contributed by atoms with Crippen molar-refractivity contribution in [2.75, 3.05) is 13.2 Å². The van der Waals surface area contributed by atoms with Gasteiger partial charge in [-0.15, -0.1) is 0 Å². The Morgan fingerprint density at radius 3 is 0.602 bits per heavy atom. The second-order valence-corrected chi connectivity index (χ2v) is 25.9. The van der Waals surface area contributed by atoms with Crippen molar-refractivity contribution in [1.82, 2.24) is 0 Å². The molecule has 490 valence electrons. The molecule has 0 aliphatic heterocycles. The first kappa shape index (κ1) is 80.9. The summed E-state index contributed by atoms with van der Waals surface area (Å²) in [5.74, 6) is -0.843. The molecular formula is C77H146O6. The van der Waals surface area contributed by atoms with Gasteiger partial charge >= 0.3 is 17.9 Å². The molecule has 0 radical (unpaired) electrons. The van der Waals surface area contributed by atoms with E-state index in [1.807, 2.05) is 0 Å². The molecule has 0 rings (SSSR count). The van der Waals surface area contributed by atoms with E-state index >= 15 is 0 Å². The van der Waals surface area contributed by atoms with Gasteiger partial charge in [0.2, 0.25) is 0 Å². The molecule has 0 amide bonds. The molecule has 6 heteroatoms. The van der Waals surface area contributed by atoms with Gasteiger partial charge < -0.3 is 14.2 Å². The van der Waals surface area contributed by atoms with Crippen molar-refractivity contribution in [3.8, 4) is 0 Å². The topological polar surface area (TPSA) is 78.9 Å². The Hall–Kier alpha value is -2.11. The van der Waals surface area contributed by atoms with Crippen molar-refractivity contribution < 1.29 is 28.6 Å². The second kappa shape index (κ2) is 72.4. The largest absolute Gasteiger partial charge is 0.462 e. The summed E-state index contributed by atoms with van der Waals surface area (Å²) >= 11 is 0. The van der Waals surface area contributed by atoms with Crippen molar-refractivity contribution in [3.63, 3.8) is 0 Å². The van der Waals surface area contributed by atoms with Crippen molar-refractivity contribution >= 4 is 17.9 Å². The van der Waals surface area contributed by atoms with Gasteiger partial charge in [0.05, 0.1) is 0 Å². The highest BCUT2D eigenvalue weighted by Crippen LogP contribution is 2.19. The molecule has 0 N–H and O–H groups in total. The van der Waals surface area contributed by atoms with E-state index in [0.29, 0.717) is 19.3 Å². The van der Waals surface area contributed by atoms with Gasteiger partial charge in [0.1, 0.15) is 13.2 Å². The summed E-state index contributed by atoms with van der Waals surface area (Å²) in [7, 11) is 0. The number of hydrogen-bond acceptors (Lipinski definition) is 6. The summed E-state index contributed by atoms with van der Waals surface area (Å²) in [5.41, 5.74) is 0. The number of unbranched alkanes of at least 4 members (excludes halogenated alkanes) is 56. The van der Waals surface area contributed by atoms with Gasteiger partial charge in [0.25, 0.3) is 0 Å². The zero-order valence-corrected chi connectivity index (χ0v) is 56.5. The van der Waals surface area contributed by atoms with Gasteiger partial charge in [-0.2, -0.15) is 0 Å². The fourth-order valence-electron chi connectivity index (χ4n) is 11.7. The lowest BCUT2D eigenvalue weighted by Crippen LogP contribution is -2.30. The van der Waals surface area contributed by atoms with E-state index in [9.17, 15) is 14.4 Å². The van der Waals surface area contributed by atoms with Gasteiger partial charge in [-0.05, 0) is 70.6 Å². The Kier molecular flexibility index (Phi) is 70.5. The average Bonchev–Trinajstić information content (AvgIpc) is 3.50. The summed E-state index contributed by atoms with van der Waals surface area (Å²) in [5, 5.41) is 0. The lowest BCUT2D eigenvalue weighted by atomic mass is 10.0. The van der Waals surface area contributed by atoms with Crippen LogP contribution in [0.3, 0.4) is 0 Å². The molecule has 0 saturated heterocycles. The first-order valence-corrected chi connectivity index (χ1v) is 37.8. The highest BCUT2D eigenvalue weighted by molar-refractivity contribution is 5.71. The van der Waals surface area contributed by atoms with Crippen molar-refractivity contribution in [2.45, 2.75) is 438 Å². The van der Waals surface area contributed by atoms with Crippen LogP contribution in [0.5, 0.6) is 0 Å². The molecule has 0 heterocycles. The number of rotatable bonds is 71. The molecule has 0 spiro atoms. The van der Waals surface area contributed by atoms with Crippen LogP contribution in [0.1, 0.15) is 432 Å². The Morgan fingerprint density at radius 1 is 0.229 bits per heavy atom. The molecule has 6 nitrogen and oxygen atoms in total. The molecule has 0 aromatic carbocycles.